The first kappa shape index (κ1) is 21.6. The van der Waals surface area contributed by atoms with Crippen molar-refractivity contribution in [3.63, 3.8) is 0 Å². The highest BCUT2D eigenvalue weighted by Crippen LogP contribution is 2.22. The number of piperazine rings is 1. The van der Waals surface area contributed by atoms with Crippen molar-refractivity contribution in [1.82, 2.24) is 13.5 Å². The summed E-state index contributed by atoms with van der Waals surface area (Å²) >= 11 is 0. The Morgan fingerprint density at radius 3 is 2.21 bits per heavy atom. The van der Waals surface area contributed by atoms with Crippen molar-refractivity contribution >= 4 is 21.8 Å². The van der Waals surface area contributed by atoms with E-state index < -0.39 is 15.1 Å². The van der Waals surface area contributed by atoms with E-state index in [4.69, 9.17) is 4.74 Å². The highest BCUT2D eigenvalue weighted by Gasteiger charge is 2.37. The van der Waals surface area contributed by atoms with Gasteiger partial charge in [-0.3, -0.25) is 14.9 Å². The van der Waals surface area contributed by atoms with E-state index in [0.717, 1.165) is 0 Å². The van der Waals surface area contributed by atoms with Crippen LogP contribution >= 0.6 is 0 Å². The number of hydrogen-bond donors (Lipinski definition) is 0. The molecule has 0 N–H and O–H groups in total. The molecule has 0 saturated carbocycles. The summed E-state index contributed by atoms with van der Waals surface area (Å²) in [5, 5.41) is 10.9. The van der Waals surface area contributed by atoms with Crippen LogP contribution in [0.4, 0.5) is 5.69 Å². The van der Waals surface area contributed by atoms with Gasteiger partial charge < -0.3 is 9.64 Å². The van der Waals surface area contributed by atoms with Crippen LogP contribution in [0.15, 0.2) is 18.2 Å². The van der Waals surface area contributed by atoms with Crippen LogP contribution in [0.2, 0.25) is 0 Å². The Labute approximate surface area is 170 Å². The maximum absolute atomic E-state index is 13.0. The van der Waals surface area contributed by atoms with E-state index >= 15 is 0 Å². The number of nitrogens with zero attached hydrogens (tertiary/aromatic N) is 4. The number of amides is 1. The molecule has 29 heavy (non-hydrogen) atoms. The van der Waals surface area contributed by atoms with Crippen molar-refractivity contribution in [1.29, 1.82) is 0 Å². The molecule has 0 bridgehead atoms. The maximum Gasteiger partial charge on any atom is 0.282 e. The quantitative estimate of drug-likeness (QED) is 0.525. The SMILES string of the molecule is Cc1cc(C(=O)N2CCN(S(=O)(=O)N3C[C@@H](C)O[C@H](C)C3)CC2)ccc1[N+](=O)[O-]. The van der Waals surface area contributed by atoms with Gasteiger partial charge in [0.25, 0.3) is 21.8 Å². The summed E-state index contributed by atoms with van der Waals surface area (Å²) in [5.41, 5.74) is 0.740. The fourth-order valence-electron chi connectivity index (χ4n) is 3.78. The van der Waals surface area contributed by atoms with E-state index in [1.807, 2.05) is 13.8 Å². The van der Waals surface area contributed by atoms with Gasteiger partial charge in [-0.2, -0.15) is 17.0 Å². The molecule has 2 atom stereocenters. The number of nitro benzene ring substituents is 1. The molecule has 1 aromatic rings. The predicted octanol–water partition coefficient (Wildman–Crippen LogP) is 1.02. The summed E-state index contributed by atoms with van der Waals surface area (Å²) in [6.07, 6.45) is -0.330. The molecule has 10 nitrogen and oxygen atoms in total. The Hall–Kier alpha value is -2.08. The highest BCUT2D eigenvalue weighted by molar-refractivity contribution is 7.86. The molecule has 0 aromatic heterocycles. The van der Waals surface area contributed by atoms with Gasteiger partial charge in [-0.05, 0) is 32.9 Å². The Morgan fingerprint density at radius 1 is 1.10 bits per heavy atom. The Kier molecular flexibility index (Phi) is 6.22. The second-order valence-corrected chi connectivity index (χ2v) is 9.46. The van der Waals surface area contributed by atoms with E-state index in [1.54, 1.807) is 11.8 Å². The predicted molar refractivity (Wildman–Crippen MR) is 106 cm³/mol. The second kappa shape index (κ2) is 8.34. The first-order valence-electron chi connectivity index (χ1n) is 9.54. The van der Waals surface area contributed by atoms with Gasteiger partial charge in [0.1, 0.15) is 0 Å². The van der Waals surface area contributed by atoms with Gasteiger partial charge in [-0.25, -0.2) is 0 Å². The smallest absolute Gasteiger partial charge is 0.282 e. The van der Waals surface area contributed by atoms with Crippen LogP contribution in [0.3, 0.4) is 0 Å². The number of morpholine rings is 1. The highest BCUT2D eigenvalue weighted by atomic mass is 32.2. The standard InChI is InChI=1S/C18H26N4O6S/c1-13-10-16(4-5-17(13)22(24)25)18(23)19-6-8-20(9-7-19)29(26,27)21-11-14(2)28-15(3)12-21/h4-5,10,14-15H,6-9,11-12H2,1-3H3/t14-,15-/m1/s1. The largest absolute Gasteiger partial charge is 0.373 e. The molecule has 2 fully saturated rings. The molecular formula is C18H26N4O6S. The van der Waals surface area contributed by atoms with Crippen molar-refractivity contribution in [3.05, 3.63) is 39.4 Å². The van der Waals surface area contributed by atoms with E-state index in [-0.39, 0.29) is 50.0 Å². The summed E-state index contributed by atoms with van der Waals surface area (Å²) in [6, 6.07) is 4.26. The molecule has 11 heteroatoms. The Bertz CT molecular complexity index is 888. The average Bonchev–Trinajstić information content (AvgIpc) is 2.66. The number of nitro groups is 1. The number of carbonyl (C=O) groups is 1. The van der Waals surface area contributed by atoms with Crippen LogP contribution in [0, 0.1) is 17.0 Å². The van der Waals surface area contributed by atoms with E-state index in [1.165, 1.54) is 26.8 Å². The molecule has 2 saturated heterocycles. The molecule has 1 aromatic carbocycles. The Morgan fingerprint density at radius 2 is 1.69 bits per heavy atom. The van der Waals surface area contributed by atoms with Gasteiger partial charge >= 0.3 is 0 Å². The van der Waals surface area contributed by atoms with Gasteiger partial charge in [0.2, 0.25) is 0 Å². The van der Waals surface area contributed by atoms with E-state index in [9.17, 15) is 23.3 Å². The van der Waals surface area contributed by atoms with Gasteiger partial charge in [-0.15, -0.1) is 0 Å². The minimum absolute atomic E-state index is 0.0357. The number of benzene rings is 1. The monoisotopic (exact) mass is 426 g/mol. The van der Waals surface area contributed by atoms with Crippen molar-refractivity contribution in [2.24, 2.45) is 0 Å². The minimum atomic E-state index is -3.61. The first-order valence-corrected chi connectivity index (χ1v) is 10.9. The van der Waals surface area contributed by atoms with Gasteiger partial charge in [-0.1, -0.05) is 0 Å². The molecule has 0 radical (unpaired) electrons. The molecule has 2 heterocycles. The Balaban J connectivity index is 1.65. The number of aryl methyl sites for hydroxylation is 1. The molecule has 0 spiro atoms. The lowest BCUT2D eigenvalue weighted by Gasteiger charge is -2.40. The van der Waals surface area contributed by atoms with Crippen molar-refractivity contribution in [3.8, 4) is 0 Å². The van der Waals surface area contributed by atoms with Crippen LogP contribution < -0.4 is 0 Å². The molecule has 3 rings (SSSR count). The zero-order valence-electron chi connectivity index (χ0n) is 16.8. The third kappa shape index (κ3) is 4.58. The lowest BCUT2D eigenvalue weighted by molar-refractivity contribution is -0.385. The van der Waals surface area contributed by atoms with Crippen LogP contribution in [0.5, 0.6) is 0 Å². The molecule has 0 aliphatic carbocycles. The van der Waals surface area contributed by atoms with Gasteiger partial charge in [0.05, 0.1) is 17.1 Å². The topological polar surface area (TPSA) is 113 Å². The third-order valence-electron chi connectivity index (χ3n) is 5.20. The van der Waals surface area contributed by atoms with Gasteiger partial charge in [0.15, 0.2) is 0 Å². The molecular weight excluding hydrogens is 400 g/mol. The van der Waals surface area contributed by atoms with Crippen LogP contribution in [-0.4, -0.2) is 84.2 Å². The number of rotatable bonds is 4. The normalized spacial score (nSPS) is 24.4. The maximum atomic E-state index is 13.0. The first-order chi connectivity index (χ1) is 13.6. The molecule has 1 amide bonds. The van der Waals surface area contributed by atoms with E-state index in [0.29, 0.717) is 24.2 Å². The summed E-state index contributed by atoms with van der Waals surface area (Å²) in [4.78, 5) is 24.8. The fraction of sp³-hybridized carbons (Fsp3) is 0.611. The van der Waals surface area contributed by atoms with Crippen LogP contribution in [0.1, 0.15) is 29.8 Å². The second-order valence-electron chi connectivity index (χ2n) is 7.53. The lowest BCUT2D eigenvalue weighted by atomic mass is 10.1. The van der Waals surface area contributed by atoms with Crippen molar-refractivity contribution in [2.45, 2.75) is 33.0 Å². The minimum Gasteiger partial charge on any atom is -0.373 e. The number of carbonyl (C=O) groups excluding carboxylic acids is 1. The lowest BCUT2D eigenvalue weighted by Crippen LogP contribution is -2.57. The van der Waals surface area contributed by atoms with Crippen molar-refractivity contribution in [2.75, 3.05) is 39.3 Å². The summed E-state index contributed by atoms with van der Waals surface area (Å²) in [7, 11) is -3.61. The zero-order valence-corrected chi connectivity index (χ0v) is 17.6. The molecule has 160 valence electrons. The number of ether oxygens (including phenoxy) is 1. The zero-order chi connectivity index (χ0) is 21.3. The summed E-state index contributed by atoms with van der Waals surface area (Å²) in [5.74, 6) is -0.256. The molecule has 0 unspecified atom stereocenters. The van der Waals surface area contributed by atoms with E-state index in [2.05, 4.69) is 0 Å². The third-order valence-corrected chi connectivity index (χ3v) is 7.17. The average molecular weight is 426 g/mol. The van der Waals surface area contributed by atoms with Crippen molar-refractivity contribution < 1.29 is 22.9 Å². The molecule has 2 aliphatic rings. The molecule has 2 aliphatic heterocycles. The van der Waals surface area contributed by atoms with Crippen LogP contribution in [-0.2, 0) is 14.9 Å². The fourth-order valence-corrected chi connectivity index (χ4v) is 5.53. The summed E-state index contributed by atoms with van der Waals surface area (Å²) in [6.45, 7) is 6.86. The number of hydrogen-bond acceptors (Lipinski definition) is 6. The van der Waals surface area contributed by atoms with Gasteiger partial charge in [0, 0.05) is 56.5 Å². The van der Waals surface area contributed by atoms with Crippen LogP contribution in [0.25, 0.3) is 0 Å². The summed E-state index contributed by atoms with van der Waals surface area (Å²) < 4.78 is 34.4.